The van der Waals surface area contributed by atoms with Gasteiger partial charge in [0, 0.05) is 55.8 Å². The van der Waals surface area contributed by atoms with E-state index in [0.29, 0.717) is 12.5 Å². The van der Waals surface area contributed by atoms with Gasteiger partial charge in [-0.05, 0) is 48.5 Å². The predicted molar refractivity (Wildman–Crippen MR) is 118 cm³/mol. The molecule has 2 aliphatic heterocycles. The number of piperidine rings is 1. The zero-order valence-electron chi connectivity index (χ0n) is 17.1. The van der Waals surface area contributed by atoms with E-state index in [-0.39, 0.29) is 5.41 Å². The number of hydrogen-bond acceptors (Lipinski definition) is 3. The summed E-state index contributed by atoms with van der Waals surface area (Å²) in [7, 11) is 0. The van der Waals surface area contributed by atoms with Crippen LogP contribution in [-0.2, 0) is 13.1 Å². The van der Waals surface area contributed by atoms with Gasteiger partial charge in [0.15, 0.2) is 0 Å². The third-order valence-electron chi connectivity index (χ3n) is 7.27. The SMILES string of the molecule is OCC1CN(Cc2ccccc2)CC12CCN(Cc1c[nH]c3ccccc13)CC2. The summed E-state index contributed by atoms with van der Waals surface area (Å²) in [6.07, 6.45) is 4.54. The largest absolute Gasteiger partial charge is 0.396 e. The number of nitrogens with one attached hydrogen (secondary N) is 1. The minimum Gasteiger partial charge on any atom is -0.396 e. The van der Waals surface area contributed by atoms with Crippen LogP contribution in [0.25, 0.3) is 10.9 Å². The molecule has 4 nitrogen and oxygen atoms in total. The highest BCUT2D eigenvalue weighted by molar-refractivity contribution is 5.82. The molecule has 0 saturated carbocycles. The van der Waals surface area contributed by atoms with Gasteiger partial charge in [0.1, 0.15) is 0 Å². The van der Waals surface area contributed by atoms with Crippen LogP contribution < -0.4 is 0 Å². The fourth-order valence-corrected chi connectivity index (χ4v) is 5.58. The molecule has 3 heterocycles. The number of aliphatic hydroxyl groups is 1. The van der Waals surface area contributed by atoms with Crippen LogP contribution in [0.15, 0.2) is 60.8 Å². The van der Waals surface area contributed by atoms with Crippen molar-refractivity contribution in [3.05, 3.63) is 71.9 Å². The lowest BCUT2D eigenvalue weighted by atomic mass is 9.71. The summed E-state index contributed by atoms with van der Waals surface area (Å²) >= 11 is 0. The second-order valence-corrected chi connectivity index (χ2v) is 9.03. The first kappa shape index (κ1) is 18.9. The Kier molecular flexibility index (Phi) is 5.17. The highest BCUT2D eigenvalue weighted by Gasteiger charge is 2.47. The Morgan fingerprint density at radius 3 is 2.48 bits per heavy atom. The van der Waals surface area contributed by atoms with E-state index in [4.69, 9.17) is 0 Å². The summed E-state index contributed by atoms with van der Waals surface area (Å²) in [6.45, 7) is 6.70. The minimum absolute atomic E-state index is 0.278. The van der Waals surface area contributed by atoms with Crippen molar-refractivity contribution in [2.45, 2.75) is 25.9 Å². The topological polar surface area (TPSA) is 42.5 Å². The van der Waals surface area contributed by atoms with Crippen molar-refractivity contribution in [2.24, 2.45) is 11.3 Å². The third kappa shape index (κ3) is 3.73. The van der Waals surface area contributed by atoms with Gasteiger partial charge in [-0.15, -0.1) is 0 Å². The molecule has 0 radical (unpaired) electrons. The molecule has 0 bridgehead atoms. The standard InChI is InChI=1S/C25H31N3O/c29-18-22-17-28(15-20-6-2-1-3-7-20)19-25(22)10-12-27(13-11-25)16-21-14-26-24-9-5-4-8-23(21)24/h1-9,14,22,26,29H,10-13,15-19H2. The Bertz CT molecular complexity index is 943. The van der Waals surface area contributed by atoms with Crippen molar-refractivity contribution in [3.63, 3.8) is 0 Å². The summed E-state index contributed by atoms with van der Waals surface area (Å²) in [5.41, 5.74) is 4.27. The molecule has 5 rings (SSSR count). The lowest BCUT2D eigenvalue weighted by Gasteiger charge is -2.42. The van der Waals surface area contributed by atoms with Crippen LogP contribution in [0.3, 0.4) is 0 Å². The van der Waals surface area contributed by atoms with Crippen molar-refractivity contribution < 1.29 is 5.11 Å². The molecular weight excluding hydrogens is 358 g/mol. The van der Waals surface area contributed by atoms with Crippen molar-refractivity contribution >= 4 is 10.9 Å². The normalized spacial score (nSPS) is 22.6. The summed E-state index contributed by atoms with van der Waals surface area (Å²) in [5, 5.41) is 11.5. The maximum atomic E-state index is 10.1. The maximum Gasteiger partial charge on any atom is 0.0477 e. The summed E-state index contributed by atoms with van der Waals surface area (Å²) in [6, 6.07) is 19.3. The molecule has 0 amide bonds. The Labute approximate surface area is 173 Å². The molecule has 29 heavy (non-hydrogen) atoms. The summed E-state index contributed by atoms with van der Waals surface area (Å²) in [4.78, 5) is 8.56. The van der Waals surface area contributed by atoms with Gasteiger partial charge in [-0.3, -0.25) is 9.80 Å². The van der Waals surface area contributed by atoms with Crippen molar-refractivity contribution in [1.29, 1.82) is 0 Å². The molecule has 2 saturated heterocycles. The van der Waals surface area contributed by atoms with Crippen LogP contribution in [0.4, 0.5) is 0 Å². The molecule has 2 aliphatic rings. The number of H-pyrrole nitrogens is 1. The second-order valence-electron chi connectivity index (χ2n) is 9.03. The quantitative estimate of drug-likeness (QED) is 0.696. The minimum atomic E-state index is 0.278. The highest BCUT2D eigenvalue weighted by Crippen LogP contribution is 2.45. The number of aromatic amines is 1. The molecular formula is C25H31N3O. The molecule has 2 N–H and O–H groups in total. The van der Waals surface area contributed by atoms with E-state index in [9.17, 15) is 5.11 Å². The molecule has 1 aromatic heterocycles. The number of para-hydroxylation sites is 1. The number of likely N-dealkylation sites (tertiary alicyclic amines) is 2. The van der Waals surface area contributed by atoms with Crippen LogP contribution in [0, 0.1) is 11.3 Å². The summed E-state index contributed by atoms with van der Waals surface area (Å²) < 4.78 is 0. The molecule has 3 aromatic rings. The van der Waals surface area contributed by atoms with Crippen molar-refractivity contribution in [1.82, 2.24) is 14.8 Å². The fraction of sp³-hybridized carbons (Fsp3) is 0.440. The molecule has 1 spiro atoms. The van der Waals surface area contributed by atoms with E-state index >= 15 is 0 Å². The Hall–Kier alpha value is -2.14. The number of aliphatic hydroxyl groups excluding tert-OH is 1. The van der Waals surface area contributed by atoms with Gasteiger partial charge < -0.3 is 10.1 Å². The first-order valence-electron chi connectivity index (χ1n) is 10.9. The van der Waals surface area contributed by atoms with Crippen molar-refractivity contribution in [2.75, 3.05) is 32.8 Å². The van der Waals surface area contributed by atoms with Crippen LogP contribution in [0.5, 0.6) is 0 Å². The molecule has 2 fully saturated rings. The first-order chi connectivity index (χ1) is 14.3. The van der Waals surface area contributed by atoms with Crippen LogP contribution >= 0.6 is 0 Å². The molecule has 152 valence electrons. The van der Waals surface area contributed by atoms with Crippen molar-refractivity contribution in [3.8, 4) is 0 Å². The van der Waals surface area contributed by atoms with Gasteiger partial charge in [-0.1, -0.05) is 48.5 Å². The monoisotopic (exact) mass is 389 g/mol. The number of benzene rings is 2. The van der Waals surface area contributed by atoms with Gasteiger partial charge in [0.25, 0.3) is 0 Å². The number of hydrogen-bond donors (Lipinski definition) is 2. The molecule has 4 heteroatoms. The van der Waals surface area contributed by atoms with E-state index < -0.39 is 0 Å². The van der Waals surface area contributed by atoms with Gasteiger partial charge in [0.2, 0.25) is 0 Å². The van der Waals surface area contributed by atoms with Gasteiger partial charge in [0.05, 0.1) is 0 Å². The number of aromatic nitrogens is 1. The average Bonchev–Trinajstić information content (AvgIpc) is 3.32. The van der Waals surface area contributed by atoms with E-state index in [2.05, 4.69) is 75.6 Å². The third-order valence-corrected chi connectivity index (χ3v) is 7.27. The first-order valence-corrected chi connectivity index (χ1v) is 10.9. The number of fused-ring (bicyclic) bond motifs is 1. The molecule has 1 atom stereocenters. The highest BCUT2D eigenvalue weighted by atomic mass is 16.3. The Morgan fingerprint density at radius 2 is 1.69 bits per heavy atom. The number of rotatable bonds is 5. The molecule has 0 aliphatic carbocycles. The second kappa shape index (κ2) is 7.94. The van der Waals surface area contributed by atoms with Crippen LogP contribution in [0.2, 0.25) is 0 Å². The maximum absolute atomic E-state index is 10.1. The summed E-state index contributed by atoms with van der Waals surface area (Å²) in [5.74, 6) is 0.404. The Balaban J connectivity index is 1.23. The predicted octanol–water partition coefficient (Wildman–Crippen LogP) is 3.87. The van der Waals surface area contributed by atoms with E-state index in [0.717, 1.165) is 39.3 Å². The lowest BCUT2D eigenvalue weighted by Crippen LogP contribution is -2.44. The van der Waals surface area contributed by atoms with E-state index in [1.807, 2.05) is 0 Å². The van der Waals surface area contributed by atoms with E-state index in [1.165, 1.54) is 34.9 Å². The molecule has 2 aromatic carbocycles. The van der Waals surface area contributed by atoms with E-state index in [1.54, 1.807) is 0 Å². The fourth-order valence-electron chi connectivity index (χ4n) is 5.58. The Morgan fingerprint density at radius 1 is 0.931 bits per heavy atom. The van der Waals surface area contributed by atoms with Gasteiger partial charge in [-0.2, -0.15) is 0 Å². The van der Waals surface area contributed by atoms with Crippen LogP contribution in [-0.4, -0.2) is 52.7 Å². The average molecular weight is 390 g/mol. The molecule has 1 unspecified atom stereocenters. The van der Waals surface area contributed by atoms with Gasteiger partial charge in [-0.25, -0.2) is 0 Å². The smallest absolute Gasteiger partial charge is 0.0477 e. The van der Waals surface area contributed by atoms with Gasteiger partial charge >= 0.3 is 0 Å². The van der Waals surface area contributed by atoms with Crippen LogP contribution in [0.1, 0.15) is 24.0 Å². The lowest BCUT2D eigenvalue weighted by molar-refractivity contribution is 0.0483. The number of nitrogens with zero attached hydrogens (tertiary/aromatic N) is 2. The zero-order chi connectivity index (χ0) is 19.7. The zero-order valence-corrected chi connectivity index (χ0v) is 17.1.